The van der Waals surface area contributed by atoms with E-state index in [2.05, 4.69) is 0 Å². The van der Waals surface area contributed by atoms with Crippen molar-refractivity contribution in [3.8, 4) is 22.5 Å². The van der Waals surface area contributed by atoms with Gasteiger partial charge in [-0.3, -0.25) is 0 Å². The predicted octanol–water partition coefficient (Wildman–Crippen LogP) is 0.654. The first-order chi connectivity index (χ1) is 16.1. The van der Waals surface area contributed by atoms with Gasteiger partial charge in [0.05, 0.1) is 23.6 Å². The molecule has 0 radical (unpaired) electrons. The standard InChI is InChI=1S/C26H28F2N2O4.Na/c1-15(2)26-29-24(17-4-6-18(27)7-5-17)25(22-9-8-19(28)12-16(22)3)30(26)11-10-20(31)13-21(32)14-23(33)34;/h4-12,15,20-21,31-32H,13-14H2,1-3H3,(H,33,34);/q;+1/p-1/b11-10+;/t20-,21-;/m1./s1. The van der Waals surface area contributed by atoms with Crippen LogP contribution in [0.1, 0.15) is 44.0 Å². The summed E-state index contributed by atoms with van der Waals surface area (Å²) in [5.74, 6) is -1.56. The van der Waals surface area contributed by atoms with E-state index in [-0.39, 0.29) is 53.5 Å². The van der Waals surface area contributed by atoms with Gasteiger partial charge in [0.15, 0.2) is 0 Å². The van der Waals surface area contributed by atoms with Crippen LogP contribution in [0.3, 0.4) is 0 Å². The number of benzene rings is 2. The van der Waals surface area contributed by atoms with Gasteiger partial charge in [-0.15, -0.1) is 0 Å². The Bertz CT molecular complexity index is 1190. The van der Waals surface area contributed by atoms with E-state index in [0.29, 0.717) is 33.9 Å². The fourth-order valence-electron chi connectivity index (χ4n) is 3.79. The summed E-state index contributed by atoms with van der Waals surface area (Å²) in [5, 5.41) is 30.8. The molecule has 0 bridgehead atoms. The molecule has 2 atom stereocenters. The van der Waals surface area contributed by atoms with Crippen LogP contribution < -0.4 is 34.7 Å². The Morgan fingerprint density at radius 1 is 1.11 bits per heavy atom. The van der Waals surface area contributed by atoms with Crippen LogP contribution in [0.4, 0.5) is 8.78 Å². The number of imidazole rings is 1. The zero-order valence-corrected chi connectivity index (χ0v) is 22.2. The maximum Gasteiger partial charge on any atom is 1.00 e. The molecule has 0 aliphatic carbocycles. The number of carboxylic acids is 1. The first kappa shape index (κ1) is 28.9. The number of aliphatic hydroxyl groups is 2. The van der Waals surface area contributed by atoms with E-state index >= 15 is 0 Å². The molecule has 0 unspecified atom stereocenters. The number of carbonyl (C=O) groups excluding carboxylic acids is 1. The summed E-state index contributed by atoms with van der Waals surface area (Å²) in [6.07, 6.45) is -0.125. The molecule has 180 valence electrons. The molecule has 6 nitrogen and oxygen atoms in total. The number of carbonyl (C=O) groups is 1. The molecule has 0 aliphatic heterocycles. The van der Waals surface area contributed by atoms with E-state index in [0.717, 1.165) is 0 Å². The van der Waals surface area contributed by atoms with E-state index in [1.807, 2.05) is 13.8 Å². The Labute approximate surface area is 225 Å². The second-order valence-electron chi connectivity index (χ2n) is 8.53. The molecular formula is C26H27F2N2NaO4. The minimum atomic E-state index is -1.40. The van der Waals surface area contributed by atoms with E-state index < -0.39 is 24.6 Å². The Kier molecular flexibility index (Phi) is 10.4. The largest absolute Gasteiger partial charge is 1.00 e. The van der Waals surface area contributed by atoms with Crippen molar-refractivity contribution >= 4 is 12.2 Å². The first-order valence-electron chi connectivity index (χ1n) is 11.0. The molecule has 9 heteroatoms. The fraction of sp³-hybridized carbons (Fsp3) is 0.308. The number of rotatable bonds is 9. The molecule has 0 amide bonds. The van der Waals surface area contributed by atoms with Crippen molar-refractivity contribution in [2.75, 3.05) is 0 Å². The average molecular weight is 492 g/mol. The molecular weight excluding hydrogens is 465 g/mol. The number of halogens is 2. The van der Waals surface area contributed by atoms with E-state index in [9.17, 15) is 28.9 Å². The number of nitrogens with zero attached hydrogens (tertiary/aromatic N) is 2. The van der Waals surface area contributed by atoms with Gasteiger partial charge in [0, 0.05) is 42.1 Å². The van der Waals surface area contributed by atoms with Gasteiger partial charge in [-0.1, -0.05) is 13.8 Å². The fourth-order valence-corrected chi connectivity index (χ4v) is 3.79. The molecule has 35 heavy (non-hydrogen) atoms. The van der Waals surface area contributed by atoms with E-state index in [1.54, 1.807) is 35.9 Å². The summed E-state index contributed by atoms with van der Waals surface area (Å²) in [6, 6.07) is 10.3. The minimum absolute atomic E-state index is 0. The van der Waals surface area contributed by atoms with Crippen molar-refractivity contribution in [1.29, 1.82) is 0 Å². The third-order valence-electron chi connectivity index (χ3n) is 5.39. The molecule has 0 spiro atoms. The number of aliphatic hydroxyl groups excluding tert-OH is 2. The summed E-state index contributed by atoms with van der Waals surface area (Å²) >= 11 is 0. The monoisotopic (exact) mass is 492 g/mol. The Morgan fingerprint density at radius 3 is 2.31 bits per heavy atom. The molecule has 1 heterocycles. The number of carboxylic acid groups (broad SMARTS) is 1. The van der Waals surface area contributed by atoms with Crippen molar-refractivity contribution in [1.82, 2.24) is 9.55 Å². The van der Waals surface area contributed by atoms with Crippen LogP contribution in [0, 0.1) is 18.6 Å². The van der Waals surface area contributed by atoms with Crippen molar-refractivity contribution in [2.45, 2.75) is 51.7 Å². The zero-order chi connectivity index (χ0) is 25.0. The number of hydrogen-bond donors (Lipinski definition) is 2. The van der Waals surface area contributed by atoms with Crippen molar-refractivity contribution in [3.05, 3.63) is 71.6 Å². The quantitative estimate of drug-likeness (QED) is 0.428. The minimum Gasteiger partial charge on any atom is -0.550 e. The molecule has 0 saturated heterocycles. The Balaban J connectivity index is 0.00000432. The second kappa shape index (κ2) is 12.6. The maximum absolute atomic E-state index is 13.8. The van der Waals surface area contributed by atoms with Crippen molar-refractivity contribution in [2.24, 2.45) is 0 Å². The molecule has 3 aromatic rings. The van der Waals surface area contributed by atoms with Gasteiger partial charge < -0.3 is 24.7 Å². The van der Waals surface area contributed by atoms with Gasteiger partial charge in [0.2, 0.25) is 0 Å². The molecule has 1 aromatic heterocycles. The average Bonchev–Trinajstić information content (AvgIpc) is 3.11. The van der Waals surface area contributed by atoms with Crippen LogP contribution in [0.25, 0.3) is 28.7 Å². The van der Waals surface area contributed by atoms with Crippen molar-refractivity contribution in [3.63, 3.8) is 0 Å². The van der Waals surface area contributed by atoms with Gasteiger partial charge in [-0.05, 0) is 61.0 Å². The number of aryl methyl sites for hydroxylation is 1. The van der Waals surface area contributed by atoms with Crippen LogP contribution in [0.5, 0.6) is 0 Å². The molecule has 0 aliphatic rings. The molecule has 0 saturated carbocycles. The number of hydrogen-bond acceptors (Lipinski definition) is 5. The SMILES string of the molecule is Cc1cc(F)ccc1-c1c(-c2ccc(F)cc2)nc(C(C)C)n1/C=C/[C@@H](O)C[C@@H](O)CC(=O)[O-].[Na+]. The van der Waals surface area contributed by atoms with Crippen LogP contribution in [0.15, 0.2) is 48.5 Å². The molecule has 3 rings (SSSR count). The summed E-state index contributed by atoms with van der Waals surface area (Å²) in [4.78, 5) is 15.5. The third kappa shape index (κ3) is 7.32. The second-order valence-corrected chi connectivity index (χ2v) is 8.53. The summed E-state index contributed by atoms with van der Waals surface area (Å²) in [5.41, 5.74) is 3.23. The van der Waals surface area contributed by atoms with Crippen LogP contribution >= 0.6 is 0 Å². The van der Waals surface area contributed by atoms with E-state index in [1.165, 1.54) is 30.3 Å². The maximum atomic E-state index is 13.8. The van der Waals surface area contributed by atoms with Crippen LogP contribution in [0.2, 0.25) is 0 Å². The molecule has 2 N–H and O–H groups in total. The zero-order valence-electron chi connectivity index (χ0n) is 20.2. The summed E-state index contributed by atoms with van der Waals surface area (Å²) in [6.45, 7) is 5.67. The van der Waals surface area contributed by atoms with Crippen LogP contribution in [-0.2, 0) is 4.79 Å². The molecule has 0 fully saturated rings. The van der Waals surface area contributed by atoms with Gasteiger partial charge in [0.25, 0.3) is 0 Å². The normalized spacial score (nSPS) is 13.1. The predicted molar refractivity (Wildman–Crippen MR) is 123 cm³/mol. The smallest absolute Gasteiger partial charge is 0.550 e. The van der Waals surface area contributed by atoms with E-state index in [4.69, 9.17) is 4.98 Å². The summed E-state index contributed by atoms with van der Waals surface area (Å²) < 4.78 is 29.2. The van der Waals surface area contributed by atoms with Gasteiger partial charge in [-0.2, -0.15) is 0 Å². The van der Waals surface area contributed by atoms with Gasteiger partial charge >= 0.3 is 29.6 Å². The van der Waals surface area contributed by atoms with Gasteiger partial charge in [-0.25, -0.2) is 13.8 Å². The number of aliphatic carboxylic acids is 1. The first-order valence-corrected chi connectivity index (χ1v) is 11.0. The van der Waals surface area contributed by atoms with Crippen LogP contribution in [-0.4, -0.2) is 37.9 Å². The summed E-state index contributed by atoms with van der Waals surface area (Å²) in [7, 11) is 0. The third-order valence-corrected chi connectivity index (χ3v) is 5.39. The van der Waals surface area contributed by atoms with Crippen molar-refractivity contribution < 1.29 is 58.5 Å². The topological polar surface area (TPSA) is 98.4 Å². The molecule has 2 aromatic carbocycles. The Hall–Kier alpha value is -2.36. The van der Waals surface area contributed by atoms with Gasteiger partial charge in [0.1, 0.15) is 17.5 Å². The Morgan fingerprint density at radius 2 is 1.74 bits per heavy atom. The number of aromatic nitrogens is 2.